The van der Waals surface area contributed by atoms with Gasteiger partial charge in [0.15, 0.2) is 0 Å². The number of benzene rings is 2. The van der Waals surface area contributed by atoms with Crippen molar-refractivity contribution in [3.05, 3.63) is 58.6 Å². The summed E-state index contributed by atoms with van der Waals surface area (Å²) in [5, 5.41) is 17.3. The molecule has 2 aromatic rings. The summed E-state index contributed by atoms with van der Waals surface area (Å²) in [7, 11) is 0. The summed E-state index contributed by atoms with van der Waals surface area (Å²) in [5.41, 5.74) is 1.31. The number of amides is 3. The number of hydrogen-bond donors (Lipinski definition) is 4. The van der Waals surface area contributed by atoms with Crippen LogP contribution in [0.25, 0.3) is 0 Å². The fourth-order valence-corrected chi connectivity index (χ4v) is 3.40. The number of carbonyl (C=O) groups is 3. The van der Waals surface area contributed by atoms with Crippen LogP contribution >= 0.6 is 11.6 Å². The highest BCUT2D eigenvalue weighted by atomic mass is 35.5. The Balaban J connectivity index is 2.07. The molecule has 0 radical (unpaired) electrons. The third-order valence-corrected chi connectivity index (χ3v) is 4.98. The van der Waals surface area contributed by atoms with Crippen molar-refractivity contribution in [1.29, 1.82) is 0 Å². The van der Waals surface area contributed by atoms with Gasteiger partial charge in [0, 0.05) is 22.8 Å². The molecule has 0 fully saturated rings. The molecule has 0 saturated heterocycles. The van der Waals surface area contributed by atoms with Crippen molar-refractivity contribution in [2.45, 2.75) is 58.5 Å². The lowest BCUT2D eigenvalue weighted by atomic mass is 10.0. The van der Waals surface area contributed by atoms with Gasteiger partial charge in [0.1, 0.15) is 5.75 Å². The van der Waals surface area contributed by atoms with E-state index in [1.807, 2.05) is 27.7 Å². The number of ether oxygens (including phenoxy) is 1. The minimum absolute atomic E-state index is 0.248. The second kappa shape index (κ2) is 13.0. The molecule has 9 nitrogen and oxygen atoms in total. The van der Waals surface area contributed by atoms with Gasteiger partial charge in [-0.1, -0.05) is 30.7 Å². The number of nitrogens with one attached hydrogen (secondary N) is 3. The van der Waals surface area contributed by atoms with E-state index < -0.39 is 17.9 Å². The van der Waals surface area contributed by atoms with Gasteiger partial charge in [0.05, 0.1) is 18.1 Å². The van der Waals surface area contributed by atoms with Crippen LogP contribution in [0, 0.1) is 0 Å². The summed E-state index contributed by atoms with van der Waals surface area (Å²) in [6.07, 6.45) is 0.852. The highest BCUT2D eigenvalue weighted by molar-refractivity contribution is 6.32. The lowest BCUT2D eigenvalue weighted by Gasteiger charge is -2.21. The van der Waals surface area contributed by atoms with E-state index in [4.69, 9.17) is 21.6 Å². The molecule has 0 bridgehead atoms. The minimum atomic E-state index is -0.881. The zero-order valence-corrected chi connectivity index (χ0v) is 21.1. The Morgan fingerprint density at radius 3 is 2.34 bits per heavy atom. The van der Waals surface area contributed by atoms with E-state index in [-0.39, 0.29) is 24.4 Å². The van der Waals surface area contributed by atoms with Crippen LogP contribution in [0.5, 0.6) is 5.75 Å². The lowest BCUT2D eigenvalue weighted by molar-refractivity contribution is -0.234. The third kappa shape index (κ3) is 9.84. The first-order valence-corrected chi connectivity index (χ1v) is 11.6. The largest absolute Gasteiger partial charge is 0.492 e. The summed E-state index contributed by atoms with van der Waals surface area (Å²) < 4.78 is 5.52. The molecule has 0 spiro atoms. The van der Waals surface area contributed by atoms with E-state index in [0.29, 0.717) is 28.6 Å². The van der Waals surface area contributed by atoms with E-state index in [1.165, 1.54) is 6.07 Å². The molecule has 1 atom stereocenters. The predicted octanol–water partition coefficient (Wildman–Crippen LogP) is 4.80. The highest BCUT2D eigenvalue weighted by Gasteiger charge is 2.20. The smallest absolute Gasteiger partial charge is 0.344 e. The lowest BCUT2D eigenvalue weighted by Crippen LogP contribution is -2.43. The van der Waals surface area contributed by atoms with Crippen LogP contribution in [-0.2, 0) is 16.1 Å². The fourth-order valence-electron chi connectivity index (χ4n) is 3.16. The zero-order valence-electron chi connectivity index (χ0n) is 20.3. The van der Waals surface area contributed by atoms with Crippen LogP contribution in [0.3, 0.4) is 0 Å². The third-order valence-electron chi connectivity index (χ3n) is 4.69. The molecule has 4 N–H and O–H groups in total. The van der Waals surface area contributed by atoms with Crippen LogP contribution in [0.15, 0.2) is 42.5 Å². The van der Waals surface area contributed by atoms with E-state index in [2.05, 4.69) is 20.8 Å². The molecule has 2 aromatic carbocycles. The van der Waals surface area contributed by atoms with Crippen molar-refractivity contribution >= 4 is 35.2 Å². The normalized spacial score (nSPS) is 11.8. The van der Waals surface area contributed by atoms with Crippen LogP contribution in [0.2, 0.25) is 5.02 Å². The van der Waals surface area contributed by atoms with Gasteiger partial charge in [-0.15, -0.1) is 0 Å². The first kappa shape index (κ1) is 27.9. The van der Waals surface area contributed by atoms with E-state index in [1.54, 1.807) is 36.4 Å². The number of rotatable bonds is 10. The average molecular weight is 506 g/mol. The number of carbonyl (C=O) groups excluding carboxylic acids is 3. The summed E-state index contributed by atoms with van der Waals surface area (Å²) in [6.45, 7) is 8.12. The van der Waals surface area contributed by atoms with Gasteiger partial charge in [0.2, 0.25) is 0 Å². The molecule has 0 aromatic heterocycles. The Hall–Kier alpha value is -3.30. The monoisotopic (exact) mass is 505 g/mol. The van der Waals surface area contributed by atoms with Crippen LogP contribution in [0.1, 0.15) is 56.5 Å². The Morgan fingerprint density at radius 2 is 1.77 bits per heavy atom. The van der Waals surface area contributed by atoms with Crippen molar-refractivity contribution in [3.8, 4) is 5.75 Å². The maximum atomic E-state index is 12.8. The minimum Gasteiger partial charge on any atom is -0.492 e. The van der Waals surface area contributed by atoms with Gasteiger partial charge < -0.3 is 25.6 Å². The molecule has 190 valence electrons. The van der Waals surface area contributed by atoms with E-state index in [0.717, 1.165) is 12.0 Å². The maximum absolute atomic E-state index is 12.8. The average Bonchev–Trinajstić information content (AvgIpc) is 2.78. The number of urea groups is 1. The van der Waals surface area contributed by atoms with Crippen LogP contribution < -0.4 is 20.7 Å². The van der Waals surface area contributed by atoms with Gasteiger partial charge in [-0.3, -0.25) is 4.79 Å². The number of anilines is 1. The molecule has 10 heteroatoms. The molecule has 2 rings (SSSR count). The Bertz CT molecular complexity index is 1020. The second-order valence-electron chi connectivity index (χ2n) is 9.06. The molecular formula is C25H32ClN3O6. The van der Waals surface area contributed by atoms with Crippen molar-refractivity contribution in [2.24, 2.45) is 0 Å². The second-order valence-corrected chi connectivity index (χ2v) is 9.47. The van der Waals surface area contributed by atoms with Crippen molar-refractivity contribution in [1.82, 2.24) is 10.6 Å². The maximum Gasteiger partial charge on any atom is 0.344 e. The summed E-state index contributed by atoms with van der Waals surface area (Å²) >= 11 is 6.22. The Labute approximate surface area is 210 Å². The summed E-state index contributed by atoms with van der Waals surface area (Å²) in [6, 6.07) is 10.7. The Kier molecular flexibility index (Phi) is 10.4. The molecule has 0 unspecified atom stereocenters. The SMILES string of the molecule is CCCOc1ccc(C(=O)N[C@H](CC(=O)OO)Cc2ccc(NC(=O)NC(C)(C)C)cc2)cc1Cl. The van der Waals surface area contributed by atoms with Gasteiger partial charge in [-0.2, -0.15) is 5.26 Å². The van der Waals surface area contributed by atoms with Crippen molar-refractivity contribution < 1.29 is 29.3 Å². The van der Waals surface area contributed by atoms with Gasteiger partial charge >= 0.3 is 12.0 Å². The number of halogens is 1. The Morgan fingerprint density at radius 1 is 1.09 bits per heavy atom. The van der Waals surface area contributed by atoms with Crippen molar-refractivity contribution in [2.75, 3.05) is 11.9 Å². The molecular weight excluding hydrogens is 474 g/mol. The first-order chi connectivity index (χ1) is 16.5. The molecule has 0 aliphatic heterocycles. The fraction of sp³-hybridized carbons (Fsp3) is 0.400. The van der Waals surface area contributed by atoms with Gasteiger partial charge in [-0.25, -0.2) is 9.59 Å². The van der Waals surface area contributed by atoms with Gasteiger partial charge in [0.25, 0.3) is 5.91 Å². The predicted molar refractivity (Wildman–Crippen MR) is 134 cm³/mol. The quantitative estimate of drug-likeness (QED) is 0.271. The highest BCUT2D eigenvalue weighted by Crippen LogP contribution is 2.26. The van der Waals surface area contributed by atoms with Crippen LogP contribution in [-0.4, -0.2) is 41.4 Å². The molecule has 0 heterocycles. The summed E-state index contributed by atoms with van der Waals surface area (Å²) in [5.74, 6) is -0.842. The van der Waals surface area contributed by atoms with Crippen molar-refractivity contribution in [3.63, 3.8) is 0 Å². The van der Waals surface area contributed by atoms with Crippen LogP contribution in [0.4, 0.5) is 10.5 Å². The number of hydrogen-bond acceptors (Lipinski definition) is 6. The molecule has 3 amide bonds. The summed E-state index contributed by atoms with van der Waals surface area (Å²) in [4.78, 5) is 40.3. The molecule has 0 aliphatic carbocycles. The zero-order chi connectivity index (χ0) is 26.0. The topological polar surface area (TPSA) is 126 Å². The van der Waals surface area contributed by atoms with E-state index in [9.17, 15) is 14.4 Å². The van der Waals surface area contributed by atoms with E-state index >= 15 is 0 Å². The molecule has 0 saturated carbocycles. The van der Waals surface area contributed by atoms with Gasteiger partial charge in [-0.05, 0) is 69.5 Å². The molecule has 0 aliphatic rings. The molecule has 35 heavy (non-hydrogen) atoms. The standard InChI is InChI=1S/C25H32ClN3O6/c1-5-12-34-21-11-8-17(14-20(21)26)23(31)27-19(15-22(30)35-33)13-16-6-9-18(10-7-16)28-24(32)29-25(2,3)4/h6-11,14,19,33H,5,12-13,15H2,1-4H3,(H,27,31)(H2,28,29,32)/t19-/m0/s1. The first-order valence-electron chi connectivity index (χ1n) is 11.3.